The van der Waals surface area contributed by atoms with E-state index in [9.17, 15) is 13.2 Å². The van der Waals surface area contributed by atoms with Gasteiger partial charge in [0, 0.05) is 11.1 Å². The molecule has 0 radical (unpaired) electrons. The topological polar surface area (TPSA) is 9.23 Å². The van der Waals surface area contributed by atoms with Gasteiger partial charge in [-0.25, -0.2) is 0 Å². The normalized spacial score (nSPS) is 18.6. The van der Waals surface area contributed by atoms with Crippen LogP contribution in [0.1, 0.15) is 23.6 Å². The second kappa shape index (κ2) is 5.61. The Hall–Kier alpha value is -2.49. The summed E-state index contributed by atoms with van der Waals surface area (Å²) in [6.45, 7) is 5.82. The van der Waals surface area contributed by atoms with Gasteiger partial charge in [-0.2, -0.15) is 13.2 Å². The lowest BCUT2D eigenvalue weighted by atomic mass is 9.96. The van der Waals surface area contributed by atoms with Crippen LogP contribution >= 0.6 is 0 Å². The summed E-state index contributed by atoms with van der Waals surface area (Å²) in [7, 11) is 0. The van der Waals surface area contributed by atoms with Gasteiger partial charge in [-0.15, -0.1) is 0 Å². The summed E-state index contributed by atoms with van der Waals surface area (Å²) in [6.07, 6.45) is -2.75. The van der Waals surface area contributed by atoms with Crippen molar-refractivity contribution in [3.8, 4) is 5.75 Å². The van der Waals surface area contributed by atoms with Crippen molar-refractivity contribution >= 4 is 11.6 Å². The molecule has 0 unspecified atom stereocenters. The fraction of sp³-hybridized carbons (Fsp3) is 0.158. The Balaban J connectivity index is 2.01. The fourth-order valence-electron chi connectivity index (χ4n) is 2.61. The van der Waals surface area contributed by atoms with Crippen molar-refractivity contribution in [2.75, 3.05) is 0 Å². The molecule has 0 saturated carbocycles. The van der Waals surface area contributed by atoms with E-state index < -0.39 is 11.7 Å². The van der Waals surface area contributed by atoms with E-state index in [0.29, 0.717) is 5.56 Å². The predicted octanol–water partition coefficient (Wildman–Crippen LogP) is 5.58. The second-order valence-corrected chi connectivity index (χ2v) is 5.56. The van der Waals surface area contributed by atoms with Crippen molar-refractivity contribution in [1.82, 2.24) is 0 Å². The SMILES string of the molecule is C=C(C)[C@@H]1Oc2ccccc2/C1=C\c1ccc(C(F)(F)F)cc1. The van der Waals surface area contributed by atoms with Crippen LogP contribution in [0, 0.1) is 0 Å². The maximum atomic E-state index is 12.6. The minimum atomic E-state index is -4.32. The highest BCUT2D eigenvalue weighted by molar-refractivity contribution is 5.90. The van der Waals surface area contributed by atoms with E-state index in [1.807, 2.05) is 37.3 Å². The fourth-order valence-corrected chi connectivity index (χ4v) is 2.61. The Morgan fingerprint density at radius 3 is 2.35 bits per heavy atom. The first-order valence-corrected chi connectivity index (χ1v) is 7.16. The summed E-state index contributed by atoms with van der Waals surface area (Å²) >= 11 is 0. The molecule has 1 aliphatic heterocycles. The third kappa shape index (κ3) is 3.02. The van der Waals surface area contributed by atoms with Gasteiger partial charge in [-0.05, 0) is 42.3 Å². The first-order chi connectivity index (χ1) is 10.9. The molecule has 0 aromatic heterocycles. The number of halogens is 3. The number of benzene rings is 2. The smallest absolute Gasteiger partial charge is 0.416 e. The third-order valence-electron chi connectivity index (χ3n) is 3.73. The van der Waals surface area contributed by atoms with Crippen molar-refractivity contribution in [3.05, 3.63) is 77.4 Å². The van der Waals surface area contributed by atoms with Crippen LogP contribution < -0.4 is 4.74 Å². The van der Waals surface area contributed by atoms with Crippen LogP contribution in [0.2, 0.25) is 0 Å². The zero-order valence-electron chi connectivity index (χ0n) is 12.5. The van der Waals surface area contributed by atoms with Crippen LogP contribution in [0.4, 0.5) is 13.2 Å². The molecule has 0 saturated heterocycles. The third-order valence-corrected chi connectivity index (χ3v) is 3.73. The number of hydrogen-bond acceptors (Lipinski definition) is 1. The van der Waals surface area contributed by atoms with Crippen LogP contribution in [0.5, 0.6) is 5.75 Å². The number of fused-ring (bicyclic) bond motifs is 1. The van der Waals surface area contributed by atoms with Gasteiger partial charge in [0.1, 0.15) is 11.9 Å². The molecular weight excluding hydrogens is 301 g/mol. The van der Waals surface area contributed by atoms with E-state index in [4.69, 9.17) is 4.74 Å². The van der Waals surface area contributed by atoms with Crippen molar-refractivity contribution < 1.29 is 17.9 Å². The molecule has 0 fully saturated rings. The van der Waals surface area contributed by atoms with Crippen LogP contribution in [0.25, 0.3) is 11.6 Å². The molecule has 0 bridgehead atoms. The Morgan fingerprint density at radius 2 is 1.74 bits per heavy atom. The first kappa shape index (κ1) is 15.4. The molecule has 0 aliphatic carbocycles. The van der Waals surface area contributed by atoms with Gasteiger partial charge in [0.15, 0.2) is 0 Å². The molecule has 1 nitrogen and oxygen atoms in total. The maximum Gasteiger partial charge on any atom is 0.416 e. The van der Waals surface area contributed by atoms with Crippen LogP contribution in [0.3, 0.4) is 0 Å². The van der Waals surface area contributed by atoms with Gasteiger partial charge in [-0.3, -0.25) is 0 Å². The van der Waals surface area contributed by atoms with Crippen molar-refractivity contribution in [2.24, 2.45) is 0 Å². The minimum absolute atomic E-state index is 0.283. The van der Waals surface area contributed by atoms with Crippen LogP contribution in [-0.4, -0.2) is 6.10 Å². The van der Waals surface area contributed by atoms with Gasteiger partial charge in [0.05, 0.1) is 5.56 Å². The average Bonchev–Trinajstić information content (AvgIpc) is 2.86. The summed E-state index contributed by atoms with van der Waals surface area (Å²) in [5.74, 6) is 0.763. The number of ether oxygens (including phenoxy) is 1. The summed E-state index contributed by atoms with van der Waals surface area (Å²) in [4.78, 5) is 0. The van der Waals surface area contributed by atoms with Gasteiger partial charge < -0.3 is 4.74 Å². The Kier molecular flexibility index (Phi) is 3.76. The number of alkyl halides is 3. The molecule has 1 aliphatic rings. The lowest BCUT2D eigenvalue weighted by molar-refractivity contribution is -0.137. The zero-order valence-corrected chi connectivity index (χ0v) is 12.5. The van der Waals surface area contributed by atoms with E-state index in [0.717, 1.165) is 34.6 Å². The van der Waals surface area contributed by atoms with Crippen molar-refractivity contribution in [3.63, 3.8) is 0 Å². The molecule has 0 N–H and O–H groups in total. The van der Waals surface area contributed by atoms with Crippen molar-refractivity contribution in [2.45, 2.75) is 19.2 Å². The second-order valence-electron chi connectivity index (χ2n) is 5.56. The molecule has 118 valence electrons. The molecule has 1 atom stereocenters. The van der Waals surface area contributed by atoms with E-state index in [1.165, 1.54) is 12.1 Å². The Labute approximate surface area is 132 Å². The van der Waals surface area contributed by atoms with E-state index in [2.05, 4.69) is 6.58 Å². The first-order valence-electron chi connectivity index (χ1n) is 7.16. The van der Waals surface area contributed by atoms with Crippen molar-refractivity contribution in [1.29, 1.82) is 0 Å². The predicted molar refractivity (Wildman–Crippen MR) is 85.0 cm³/mol. The highest BCUT2D eigenvalue weighted by Gasteiger charge is 2.31. The van der Waals surface area contributed by atoms with Gasteiger partial charge in [0.2, 0.25) is 0 Å². The lowest BCUT2D eigenvalue weighted by Crippen LogP contribution is -2.12. The minimum Gasteiger partial charge on any atom is -0.481 e. The van der Waals surface area contributed by atoms with Gasteiger partial charge in [-0.1, -0.05) is 36.9 Å². The highest BCUT2D eigenvalue weighted by atomic mass is 19.4. The van der Waals surface area contributed by atoms with Crippen LogP contribution in [-0.2, 0) is 6.18 Å². The number of rotatable bonds is 2. The quantitative estimate of drug-likeness (QED) is 0.657. The van der Waals surface area contributed by atoms with Gasteiger partial charge in [0.25, 0.3) is 0 Å². The molecule has 2 aromatic carbocycles. The molecule has 4 heteroatoms. The largest absolute Gasteiger partial charge is 0.481 e. The summed E-state index contributed by atoms with van der Waals surface area (Å²) in [6, 6.07) is 12.7. The Morgan fingerprint density at radius 1 is 1.09 bits per heavy atom. The van der Waals surface area contributed by atoms with Crippen LogP contribution in [0.15, 0.2) is 60.7 Å². The molecular formula is C19H15F3O. The number of para-hydroxylation sites is 1. The summed E-state index contributed by atoms with van der Waals surface area (Å²) in [5.41, 5.74) is 2.74. The zero-order chi connectivity index (χ0) is 16.6. The van der Waals surface area contributed by atoms with Gasteiger partial charge >= 0.3 is 6.18 Å². The average molecular weight is 316 g/mol. The van der Waals surface area contributed by atoms with E-state index in [-0.39, 0.29) is 6.10 Å². The lowest BCUT2D eigenvalue weighted by Gasteiger charge is -2.12. The molecule has 2 aromatic rings. The molecule has 1 heterocycles. The molecule has 0 amide bonds. The molecule has 23 heavy (non-hydrogen) atoms. The monoisotopic (exact) mass is 316 g/mol. The van der Waals surface area contributed by atoms with E-state index >= 15 is 0 Å². The maximum absolute atomic E-state index is 12.6. The standard InChI is InChI=1S/C19H15F3O/c1-12(2)18-16(15-5-3-4-6-17(15)23-18)11-13-7-9-14(10-8-13)19(20,21)22/h3-11,18H,1H2,2H3/b16-11+/t18-/m0/s1. The molecule has 0 spiro atoms. The summed E-state index contributed by atoms with van der Waals surface area (Å²) in [5, 5.41) is 0. The molecule has 3 rings (SSSR count). The number of hydrogen-bond donors (Lipinski definition) is 0. The van der Waals surface area contributed by atoms with E-state index in [1.54, 1.807) is 0 Å². The summed E-state index contributed by atoms with van der Waals surface area (Å²) < 4.78 is 43.8. The Bertz CT molecular complexity index is 770. The highest BCUT2D eigenvalue weighted by Crippen LogP contribution is 2.40.